The molecule has 146 valence electrons. The van der Waals surface area contributed by atoms with Gasteiger partial charge in [-0.05, 0) is 62.9 Å². The largest absolute Gasteiger partial charge is 0.495 e. The van der Waals surface area contributed by atoms with E-state index in [1.165, 1.54) is 19.2 Å². The van der Waals surface area contributed by atoms with E-state index in [-0.39, 0.29) is 4.90 Å². The molecule has 0 atom stereocenters. The fourth-order valence-corrected chi connectivity index (χ4v) is 5.16. The number of rotatable bonds is 6. The third-order valence-corrected chi connectivity index (χ3v) is 7.07. The fraction of sp³-hybridized carbons (Fsp3) is 0.667. The van der Waals surface area contributed by atoms with Gasteiger partial charge in [-0.2, -0.15) is 0 Å². The number of nitrogens with zero attached hydrogens (tertiary/aromatic N) is 1. The zero-order valence-electron chi connectivity index (χ0n) is 15.1. The summed E-state index contributed by atoms with van der Waals surface area (Å²) in [5.74, 6) is 0.834. The number of likely N-dealkylation sites (tertiary alicyclic amines) is 1. The Hall–Kier alpha value is -0.860. The van der Waals surface area contributed by atoms with Crippen LogP contribution in [-0.2, 0) is 14.8 Å². The van der Waals surface area contributed by atoms with E-state index in [4.69, 9.17) is 21.1 Å². The summed E-state index contributed by atoms with van der Waals surface area (Å²) < 4.78 is 38.2. The minimum absolute atomic E-state index is 0.169. The molecule has 2 aliphatic heterocycles. The van der Waals surface area contributed by atoms with E-state index in [0.29, 0.717) is 29.3 Å². The average molecular weight is 403 g/mol. The number of ether oxygens (including phenoxy) is 2. The van der Waals surface area contributed by atoms with Crippen molar-refractivity contribution in [1.82, 2.24) is 9.62 Å². The minimum Gasteiger partial charge on any atom is -0.495 e. The molecule has 26 heavy (non-hydrogen) atoms. The Morgan fingerprint density at radius 3 is 2.54 bits per heavy atom. The van der Waals surface area contributed by atoms with Crippen molar-refractivity contribution < 1.29 is 17.9 Å². The number of benzene rings is 1. The normalized spacial score (nSPS) is 21.0. The van der Waals surface area contributed by atoms with E-state index in [2.05, 4.69) is 9.62 Å². The molecule has 2 saturated heterocycles. The van der Waals surface area contributed by atoms with Crippen LogP contribution in [0.1, 0.15) is 25.7 Å². The van der Waals surface area contributed by atoms with Gasteiger partial charge in [-0.3, -0.25) is 0 Å². The van der Waals surface area contributed by atoms with Crippen LogP contribution in [-0.4, -0.2) is 59.3 Å². The van der Waals surface area contributed by atoms with Crippen LogP contribution in [0.5, 0.6) is 5.75 Å². The Kier molecular flexibility index (Phi) is 6.80. The number of nitrogens with one attached hydrogen (secondary N) is 1. The van der Waals surface area contributed by atoms with Gasteiger partial charge in [0.2, 0.25) is 10.0 Å². The predicted molar refractivity (Wildman–Crippen MR) is 101 cm³/mol. The number of halogens is 1. The summed E-state index contributed by atoms with van der Waals surface area (Å²) in [7, 11) is -2.06. The van der Waals surface area contributed by atoms with Gasteiger partial charge in [0, 0.05) is 25.8 Å². The lowest BCUT2D eigenvalue weighted by molar-refractivity contribution is 0.0214. The van der Waals surface area contributed by atoms with Crippen molar-refractivity contribution in [2.45, 2.75) is 36.6 Å². The molecule has 0 aliphatic carbocycles. The summed E-state index contributed by atoms with van der Waals surface area (Å²) in [6.45, 7) is 4.24. The molecule has 2 aliphatic rings. The zero-order valence-corrected chi connectivity index (χ0v) is 16.7. The second kappa shape index (κ2) is 8.89. The molecule has 6 nitrogen and oxygen atoms in total. The van der Waals surface area contributed by atoms with Crippen LogP contribution in [0.25, 0.3) is 0 Å². The van der Waals surface area contributed by atoms with E-state index in [1.807, 2.05) is 0 Å². The molecule has 2 heterocycles. The molecule has 0 saturated carbocycles. The first-order valence-electron chi connectivity index (χ1n) is 9.14. The van der Waals surface area contributed by atoms with Gasteiger partial charge in [0.05, 0.1) is 17.0 Å². The second-order valence-corrected chi connectivity index (χ2v) is 9.15. The molecule has 1 aromatic rings. The number of piperidine rings is 1. The summed E-state index contributed by atoms with van der Waals surface area (Å²) in [4.78, 5) is 2.71. The molecule has 2 fully saturated rings. The van der Waals surface area contributed by atoms with Gasteiger partial charge < -0.3 is 14.4 Å². The first kappa shape index (κ1) is 19.9. The van der Waals surface area contributed by atoms with Crippen molar-refractivity contribution in [3.05, 3.63) is 23.2 Å². The van der Waals surface area contributed by atoms with Gasteiger partial charge in [-0.25, -0.2) is 13.1 Å². The number of hydrogen-bond acceptors (Lipinski definition) is 5. The van der Waals surface area contributed by atoms with Crippen LogP contribution in [0.3, 0.4) is 0 Å². The molecule has 1 aromatic carbocycles. The molecular formula is C18H27ClN2O4S. The molecule has 0 radical (unpaired) electrons. The van der Waals surface area contributed by atoms with E-state index >= 15 is 0 Å². The van der Waals surface area contributed by atoms with Crippen molar-refractivity contribution in [3.8, 4) is 5.75 Å². The topological polar surface area (TPSA) is 67.9 Å². The summed E-state index contributed by atoms with van der Waals surface area (Å²) >= 11 is 6.04. The molecule has 3 rings (SSSR count). The summed E-state index contributed by atoms with van der Waals surface area (Å²) in [6.07, 6.45) is 4.25. The lowest BCUT2D eigenvalue weighted by Crippen LogP contribution is -2.45. The lowest BCUT2D eigenvalue weighted by Gasteiger charge is -2.39. The third kappa shape index (κ3) is 4.89. The molecule has 0 amide bonds. The fourth-order valence-electron chi connectivity index (χ4n) is 3.70. The highest BCUT2D eigenvalue weighted by Crippen LogP contribution is 2.27. The van der Waals surface area contributed by atoms with Crippen LogP contribution in [0.2, 0.25) is 5.02 Å². The van der Waals surface area contributed by atoms with Gasteiger partial charge >= 0.3 is 0 Å². The second-order valence-electron chi connectivity index (χ2n) is 6.97. The van der Waals surface area contributed by atoms with Crippen molar-refractivity contribution in [3.63, 3.8) is 0 Å². The van der Waals surface area contributed by atoms with Gasteiger partial charge in [0.15, 0.2) is 0 Å². The maximum absolute atomic E-state index is 12.5. The summed E-state index contributed by atoms with van der Waals surface area (Å²) in [5.41, 5.74) is 0. The van der Waals surface area contributed by atoms with Crippen molar-refractivity contribution >= 4 is 21.6 Å². The first-order chi connectivity index (χ1) is 12.5. The van der Waals surface area contributed by atoms with E-state index in [0.717, 1.165) is 52.0 Å². The van der Waals surface area contributed by atoms with Crippen LogP contribution in [0.15, 0.2) is 23.1 Å². The molecule has 8 heteroatoms. The summed E-state index contributed by atoms with van der Waals surface area (Å²) in [6, 6.07) is 5.14. The third-order valence-electron chi connectivity index (χ3n) is 5.35. The first-order valence-corrected chi connectivity index (χ1v) is 11.0. The summed E-state index contributed by atoms with van der Waals surface area (Å²) in [5, 5.41) is 0.292. The highest BCUT2D eigenvalue weighted by atomic mass is 35.5. The van der Waals surface area contributed by atoms with Crippen LogP contribution in [0, 0.1) is 5.92 Å². The van der Waals surface area contributed by atoms with E-state index in [9.17, 15) is 8.42 Å². The van der Waals surface area contributed by atoms with Gasteiger partial charge in [0.1, 0.15) is 5.75 Å². The Labute approximate surface area is 160 Å². The van der Waals surface area contributed by atoms with Crippen LogP contribution in [0.4, 0.5) is 0 Å². The average Bonchev–Trinajstić information content (AvgIpc) is 2.67. The monoisotopic (exact) mass is 402 g/mol. The predicted octanol–water partition coefficient (Wildman–Crippen LogP) is 2.52. The molecule has 0 unspecified atom stereocenters. The van der Waals surface area contributed by atoms with Crippen molar-refractivity contribution in [1.29, 1.82) is 0 Å². The SMILES string of the molecule is COc1ccc(S(=O)(=O)NCC2CCN(C3CCOCC3)CC2)cc1Cl. The van der Waals surface area contributed by atoms with Gasteiger partial charge in [-0.15, -0.1) is 0 Å². The molecule has 0 bridgehead atoms. The number of hydrogen-bond donors (Lipinski definition) is 1. The molecule has 1 N–H and O–H groups in total. The Morgan fingerprint density at radius 1 is 1.23 bits per heavy atom. The smallest absolute Gasteiger partial charge is 0.240 e. The highest BCUT2D eigenvalue weighted by molar-refractivity contribution is 7.89. The quantitative estimate of drug-likeness (QED) is 0.791. The Morgan fingerprint density at radius 2 is 1.92 bits per heavy atom. The maximum Gasteiger partial charge on any atom is 0.240 e. The minimum atomic E-state index is -3.56. The standard InChI is InChI=1S/C18H27ClN2O4S/c1-24-18-3-2-16(12-17(18)19)26(22,23)20-13-14-4-8-21(9-5-14)15-6-10-25-11-7-15/h2-3,12,14-15,20H,4-11,13H2,1H3. The lowest BCUT2D eigenvalue weighted by atomic mass is 9.94. The molecule has 0 spiro atoms. The van der Waals surface area contributed by atoms with Crippen LogP contribution < -0.4 is 9.46 Å². The van der Waals surface area contributed by atoms with E-state index in [1.54, 1.807) is 6.07 Å². The zero-order chi connectivity index (χ0) is 18.6. The highest BCUT2D eigenvalue weighted by Gasteiger charge is 2.27. The maximum atomic E-state index is 12.5. The van der Waals surface area contributed by atoms with Crippen molar-refractivity contribution in [2.24, 2.45) is 5.92 Å². The Bertz CT molecular complexity index is 699. The molecule has 0 aromatic heterocycles. The Balaban J connectivity index is 1.50. The van der Waals surface area contributed by atoms with Gasteiger partial charge in [-0.1, -0.05) is 11.6 Å². The number of sulfonamides is 1. The van der Waals surface area contributed by atoms with E-state index < -0.39 is 10.0 Å². The number of methoxy groups -OCH3 is 1. The van der Waals surface area contributed by atoms with Crippen molar-refractivity contribution in [2.75, 3.05) is 40.0 Å². The molecular weight excluding hydrogens is 376 g/mol. The van der Waals surface area contributed by atoms with Gasteiger partial charge in [0.25, 0.3) is 0 Å². The van der Waals surface area contributed by atoms with Crippen LogP contribution >= 0.6 is 11.6 Å².